The zero-order valence-corrected chi connectivity index (χ0v) is 12.0. The number of pyridine rings is 1. The number of carbonyl (C=O) groups is 1. The van der Waals surface area contributed by atoms with Crippen molar-refractivity contribution in [1.29, 1.82) is 0 Å². The minimum atomic E-state index is -0.579. The number of nitro groups is 1. The molecule has 0 aliphatic rings. The zero-order chi connectivity index (χ0) is 16.3. The topological polar surface area (TPSA) is 85.1 Å². The van der Waals surface area contributed by atoms with Crippen LogP contribution in [0.1, 0.15) is 35.8 Å². The summed E-state index contributed by atoms with van der Waals surface area (Å²) in [6.45, 7) is 3.02. The standard InChI is InChI=1S/C15H14FN3O3/c1-9(12-5-6-17-8-13(12)16)18-14-4-3-11(10(2)20)7-15(14)19(21)22/h3-9,18H,1-2H3/t9-/m0/s1. The maximum absolute atomic E-state index is 13.7. The molecule has 0 spiro atoms. The van der Waals surface area contributed by atoms with Gasteiger partial charge in [-0.25, -0.2) is 4.39 Å². The van der Waals surface area contributed by atoms with Crippen LogP contribution in [0.4, 0.5) is 15.8 Å². The first kappa shape index (κ1) is 15.6. The third-order valence-electron chi connectivity index (χ3n) is 3.24. The fourth-order valence-electron chi connectivity index (χ4n) is 2.07. The molecule has 0 saturated heterocycles. The molecule has 2 aromatic rings. The molecule has 0 unspecified atom stereocenters. The van der Waals surface area contributed by atoms with E-state index in [2.05, 4.69) is 10.3 Å². The van der Waals surface area contributed by atoms with Crippen LogP contribution in [0, 0.1) is 15.9 Å². The quantitative estimate of drug-likeness (QED) is 0.519. The summed E-state index contributed by atoms with van der Waals surface area (Å²) < 4.78 is 13.7. The average Bonchev–Trinajstić information content (AvgIpc) is 2.47. The normalized spacial score (nSPS) is 11.8. The summed E-state index contributed by atoms with van der Waals surface area (Å²) in [7, 11) is 0. The Kier molecular flexibility index (Phi) is 4.45. The first-order valence-electron chi connectivity index (χ1n) is 6.55. The predicted octanol–water partition coefficient (Wildman–Crippen LogP) is 3.50. The lowest BCUT2D eigenvalue weighted by Crippen LogP contribution is -2.10. The van der Waals surface area contributed by atoms with Gasteiger partial charge >= 0.3 is 0 Å². The van der Waals surface area contributed by atoms with Crippen LogP contribution in [-0.2, 0) is 0 Å². The van der Waals surface area contributed by atoms with Crippen molar-refractivity contribution in [2.24, 2.45) is 0 Å². The first-order chi connectivity index (χ1) is 10.4. The number of carbonyl (C=O) groups excluding carboxylic acids is 1. The minimum Gasteiger partial charge on any atom is -0.373 e. The van der Waals surface area contributed by atoms with Gasteiger partial charge in [0.05, 0.1) is 17.2 Å². The number of Topliss-reactive ketones (excluding diaryl/α,β-unsaturated/α-hetero) is 1. The van der Waals surface area contributed by atoms with E-state index in [9.17, 15) is 19.3 Å². The van der Waals surface area contributed by atoms with Gasteiger partial charge in [0.1, 0.15) is 11.5 Å². The van der Waals surface area contributed by atoms with Crippen molar-refractivity contribution in [3.05, 3.63) is 63.7 Å². The number of nitrogens with zero attached hydrogens (tertiary/aromatic N) is 2. The van der Waals surface area contributed by atoms with Gasteiger partial charge in [0.15, 0.2) is 5.78 Å². The highest BCUT2D eigenvalue weighted by Gasteiger charge is 2.19. The molecule has 0 aliphatic carbocycles. The maximum atomic E-state index is 13.7. The molecule has 1 heterocycles. The SMILES string of the molecule is CC(=O)c1ccc(N[C@@H](C)c2ccncc2F)c([N+](=O)[O-])c1. The van der Waals surface area contributed by atoms with Crippen LogP contribution < -0.4 is 5.32 Å². The van der Waals surface area contributed by atoms with Gasteiger partial charge in [-0.2, -0.15) is 0 Å². The largest absolute Gasteiger partial charge is 0.373 e. The van der Waals surface area contributed by atoms with Gasteiger partial charge < -0.3 is 5.32 Å². The van der Waals surface area contributed by atoms with Crippen molar-refractivity contribution in [2.45, 2.75) is 19.9 Å². The molecule has 1 N–H and O–H groups in total. The van der Waals surface area contributed by atoms with Gasteiger partial charge in [0, 0.05) is 23.4 Å². The van der Waals surface area contributed by atoms with E-state index in [0.29, 0.717) is 5.56 Å². The second-order valence-corrected chi connectivity index (χ2v) is 4.81. The van der Waals surface area contributed by atoms with Crippen molar-refractivity contribution in [1.82, 2.24) is 4.98 Å². The molecule has 22 heavy (non-hydrogen) atoms. The van der Waals surface area contributed by atoms with Crippen LogP contribution in [-0.4, -0.2) is 15.7 Å². The molecule has 2 rings (SSSR count). The van der Waals surface area contributed by atoms with Crippen molar-refractivity contribution < 1.29 is 14.1 Å². The molecule has 1 aromatic heterocycles. The lowest BCUT2D eigenvalue weighted by atomic mass is 10.1. The third kappa shape index (κ3) is 3.25. The Morgan fingerprint density at radius 1 is 1.41 bits per heavy atom. The number of rotatable bonds is 5. The molecule has 1 atom stereocenters. The fraction of sp³-hybridized carbons (Fsp3) is 0.200. The summed E-state index contributed by atoms with van der Waals surface area (Å²) in [5, 5.41) is 14.0. The Morgan fingerprint density at radius 3 is 2.73 bits per heavy atom. The number of anilines is 1. The number of ketones is 1. The van der Waals surface area contributed by atoms with Crippen LogP contribution in [0.15, 0.2) is 36.7 Å². The fourth-order valence-corrected chi connectivity index (χ4v) is 2.07. The molecule has 0 amide bonds. The number of hydrogen-bond donors (Lipinski definition) is 1. The Balaban J connectivity index is 2.35. The number of hydrogen-bond acceptors (Lipinski definition) is 5. The molecule has 0 fully saturated rings. The molecular weight excluding hydrogens is 289 g/mol. The first-order valence-corrected chi connectivity index (χ1v) is 6.55. The molecule has 6 nitrogen and oxygen atoms in total. The summed E-state index contributed by atoms with van der Waals surface area (Å²) in [5.41, 5.74) is 0.590. The predicted molar refractivity (Wildman–Crippen MR) is 79.3 cm³/mol. The van der Waals surface area contributed by atoms with E-state index >= 15 is 0 Å². The van der Waals surface area contributed by atoms with Gasteiger partial charge in [-0.05, 0) is 32.0 Å². The highest BCUT2D eigenvalue weighted by molar-refractivity contribution is 5.95. The Bertz CT molecular complexity index is 734. The number of aromatic nitrogens is 1. The maximum Gasteiger partial charge on any atom is 0.293 e. The van der Waals surface area contributed by atoms with Gasteiger partial charge in [-0.15, -0.1) is 0 Å². The lowest BCUT2D eigenvalue weighted by Gasteiger charge is -2.16. The summed E-state index contributed by atoms with van der Waals surface area (Å²) in [4.78, 5) is 25.6. The van der Waals surface area contributed by atoms with Gasteiger partial charge in [-0.3, -0.25) is 19.9 Å². The van der Waals surface area contributed by atoms with Gasteiger partial charge in [0.2, 0.25) is 0 Å². The van der Waals surface area contributed by atoms with E-state index in [-0.39, 0.29) is 22.7 Å². The number of benzene rings is 1. The number of nitrogens with one attached hydrogen (secondary N) is 1. The molecule has 1 aromatic carbocycles. The van der Waals surface area contributed by atoms with E-state index in [1.165, 1.54) is 37.4 Å². The van der Waals surface area contributed by atoms with Crippen LogP contribution in [0.5, 0.6) is 0 Å². The lowest BCUT2D eigenvalue weighted by molar-refractivity contribution is -0.384. The highest BCUT2D eigenvalue weighted by Crippen LogP contribution is 2.29. The summed E-state index contributed by atoms with van der Waals surface area (Å²) in [6, 6.07) is 5.16. The van der Waals surface area contributed by atoms with Crippen LogP contribution in [0.2, 0.25) is 0 Å². The molecular formula is C15H14FN3O3. The highest BCUT2D eigenvalue weighted by atomic mass is 19.1. The van der Waals surface area contributed by atoms with Crippen LogP contribution in [0.3, 0.4) is 0 Å². The van der Waals surface area contributed by atoms with E-state index in [4.69, 9.17) is 0 Å². The molecule has 0 bridgehead atoms. The van der Waals surface area contributed by atoms with E-state index in [1.54, 1.807) is 6.92 Å². The Labute approximate surface area is 126 Å². The molecule has 0 aliphatic heterocycles. The second kappa shape index (κ2) is 6.30. The summed E-state index contributed by atoms with van der Waals surface area (Å²) in [6.07, 6.45) is 2.53. The summed E-state index contributed by atoms with van der Waals surface area (Å²) in [5.74, 6) is -0.756. The van der Waals surface area contributed by atoms with E-state index in [0.717, 1.165) is 6.20 Å². The Hall–Kier alpha value is -2.83. The average molecular weight is 303 g/mol. The van der Waals surface area contributed by atoms with Crippen molar-refractivity contribution in [3.8, 4) is 0 Å². The Morgan fingerprint density at radius 2 is 2.14 bits per heavy atom. The molecule has 114 valence electrons. The van der Waals surface area contributed by atoms with Crippen molar-refractivity contribution in [3.63, 3.8) is 0 Å². The second-order valence-electron chi connectivity index (χ2n) is 4.81. The minimum absolute atomic E-state index is 0.221. The smallest absolute Gasteiger partial charge is 0.293 e. The van der Waals surface area contributed by atoms with Crippen LogP contribution in [0.25, 0.3) is 0 Å². The molecule has 0 saturated carbocycles. The van der Waals surface area contributed by atoms with E-state index < -0.39 is 16.8 Å². The van der Waals surface area contributed by atoms with E-state index in [1.807, 2.05) is 0 Å². The number of halogens is 1. The van der Waals surface area contributed by atoms with Crippen LogP contribution >= 0.6 is 0 Å². The van der Waals surface area contributed by atoms with Gasteiger partial charge in [0.25, 0.3) is 5.69 Å². The zero-order valence-electron chi connectivity index (χ0n) is 12.0. The third-order valence-corrected chi connectivity index (χ3v) is 3.24. The molecule has 0 radical (unpaired) electrons. The van der Waals surface area contributed by atoms with Crippen molar-refractivity contribution >= 4 is 17.2 Å². The van der Waals surface area contributed by atoms with Crippen molar-refractivity contribution in [2.75, 3.05) is 5.32 Å². The van der Waals surface area contributed by atoms with Gasteiger partial charge in [-0.1, -0.05) is 0 Å². The summed E-state index contributed by atoms with van der Waals surface area (Å²) >= 11 is 0. The number of nitro benzene ring substituents is 1. The molecule has 7 heteroatoms. The monoisotopic (exact) mass is 303 g/mol.